The molecule has 10 heteroatoms. The molecule has 0 unspecified atom stereocenters. The number of carbonyl (C=O) groups excluding carboxylic acids is 1. The predicted octanol–water partition coefficient (Wildman–Crippen LogP) is 4.71. The van der Waals surface area contributed by atoms with Crippen LogP contribution in [0.1, 0.15) is 25.0 Å². The molecule has 0 aromatic heterocycles. The first-order chi connectivity index (χ1) is 13.4. The van der Waals surface area contributed by atoms with E-state index in [0.29, 0.717) is 11.8 Å². The van der Waals surface area contributed by atoms with Gasteiger partial charge in [0.05, 0.1) is 10.5 Å². The van der Waals surface area contributed by atoms with Crippen molar-refractivity contribution in [2.75, 3.05) is 11.9 Å². The molecule has 1 N–H and O–H groups in total. The largest absolute Gasteiger partial charge is 0.417 e. The zero-order valence-electron chi connectivity index (χ0n) is 15.9. The molecule has 0 saturated carbocycles. The van der Waals surface area contributed by atoms with Crippen LogP contribution in [0.25, 0.3) is 0 Å². The molecule has 5 nitrogen and oxygen atoms in total. The van der Waals surface area contributed by atoms with Crippen molar-refractivity contribution in [1.82, 2.24) is 4.31 Å². The zero-order chi connectivity index (χ0) is 22.0. The van der Waals surface area contributed by atoms with Gasteiger partial charge in [0.2, 0.25) is 15.9 Å². The molecule has 0 aliphatic rings. The number of carbonyl (C=O) groups is 1. The van der Waals surface area contributed by atoms with Gasteiger partial charge in [-0.25, -0.2) is 8.42 Å². The first-order valence-corrected chi connectivity index (χ1v) is 10.5. The Bertz CT molecular complexity index is 993. The Hall–Kier alpha value is -2.10. The SMILES string of the molecule is CCN([C@@H](C)C(=O)Nc1ccc(C)cc1)S(=O)(=O)c1ccc(Cl)cc1C(F)(F)F. The Kier molecular flexibility index (Phi) is 6.97. The number of nitrogens with zero attached hydrogens (tertiary/aromatic N) is 1. The number of sulfonamides is 1. The van der Waals surface area contributed by atoms with Gasteiger partial charge in [0.15, 0.2) is 0 Å². The summed E-state index contributed by atoms with van der Waals surface area (Å²) < 4.78 is 66.8. The van der Waals surface area contributed by atoms with Gasteiger partial charge in [-0.05, 0) is 44.2 Å². The Balaban J connectivity index is 2.39. The summed E-state index contributed by atoms with van der Waals surface area (Å²) in [4.78, 5) is 11.6. The summed E-state index contributed by atoms with van der Waals surface area (Å²) in [6.07, 6.45) is -4.93. The van der Waals surface area contributed by atoms with E-state index in [4.69, 9.17) is 11.6 Å². The van der Waals surface area contributed by atoms with E-state index in [1.807, 2.05) is 6.92 Å². The number of likely N-dealkylation sites (N-methyl/N-ethyl adjacent to an activating group) is 1. The lowest BCUT2D eigenvalue weighted by molar-refractivity contribution is -0.139. The Morgan fingerprint density at radius 3 is 2.28 bits per heavy atom. The Morgan fingerprint density at radius 1 is 1.17 bits per heavy atom. The first-order valence-electron chi connectivity index (χ1n) is 8.64. The fraction of sp³-hybridized carbons (Fsp3) is 0.316. The molecule has 2 rings (SSSR count). The fourth-order valence-corrected chi connectivity index (χ4v) is 4.71. The number of nitrogens with one attached hydrogen (secondary N) is 1. The maximum Gasteiger partial charge on any atom is 0.417 e. The van der Waals surface area contributed by atoms with E-state index in [0.717, 1.165) is 22.0 Å². The maximum atomic E-state index is 13.4. The van der Waals surface area contributed by atoms with Gasteiger partial charge in [-0.3, -0.25) is 4.79 Å². The van der Waals surface area contributed by atoms with Crippen LogP contribution in [0.5, 0.6) is 0 Å². The van der Waals surface area contributed by atoms with Gasteiger partial charge in [0.1, 0.15) is 6.04 Å². The van der Waals surface area contributed by atoms with Gasteiger partial charge in [0, 0.05) is 17.3 Å². The van der Waals surface area contributed by atoms with E-state index in [9.17, 15) is 26.4 Å². The lowest BCUT2D eigenvalue weighted by Crippen LogP contribution is -2.45. The fourth-order valence-electron chi connectivity index (χ4n) is 2.74. The highest BCUT2D eigenvalue weighted by molar-refractivity contribution is 7.89. The maximum absolute atomic E-state index is 13.4. The standard InChI is InChI=1S/C19H20ClF3N2O3S/c1-4-25(13(3)18(26)24-15-8-5-12(2)6-9-15)29(27,28)17-10-7-14(20)11-16(17)19(21,22)23/h5-11,13H,4H2,1-3H3,(H,24,26)/t13-/m0/s1. The molecule has 1 amide bonds. The summed E-state index contributed by atoms with van der Waals surface area (Å²) in [6, 6.07) is 7.98. The number of anilines is 1. The normalized spacial score (nSPS) is 13.4. The minimum atomic E-state index is -4.93. The van der Waals surface area contributed by atoms with E-state index in [1.54, 1.807) is 24.3 Å². The van der Waals surface area contributed by atoms with Crippen LogP contribution in [0.15, 0.2) is 47.4 Å². The van der Waals surface area contributed by atoms with Crippen LogP contribution >= 0.6 is 11.6 Å². The molecule has 0 spiro atoms. The van der Waals surface area contributed by atoms with Gasteiger partial charge < -0.3 is 5.32 Å². The lowest BCUT2D eigenvalue weighted by Gasteiger charge is -2.27. The third-order valence-electron chi connectivity index (χ3n) is 4.28. The number of amides is 1. The van der Waals surface area contributed by atoms with E-state index in [1.165, 1.54) is 13.8 Å². The smallest absolute Gasteiger partial charge is 0.325 e. The van der Waals surface area contributed by atoms with E-state index >= 15 is 0 Å². The highest BCUT2D eigenvalue weighted by Crippen LogP contribution is 2.37. The third kappa shape index (κ3) is 5.29. The quantitative estimate of drug-likeness (QED) is 0.696. The van der Waals surface area contributed by atoms with Crippen molar-refractivity contribution in [2.45, 2.75) is 37.9 Å². The van der Waals surface area contributed by atoms with Gasteiger partial charge in [-0.2, -0.15) is 17.5 Å². The van der Waals surface area contributed by atoms with Crippen LogP contribution < -0.4 is 5.32 Å². The highest BCUT2D eigenvalue weighted by Gasteiger charge is 2.41. The molecule has 2 aromatic rings. The minimum absolute atomic E-state index is 0.204. The number of aryl methyl sites for hydroxylation is 1. The molecule has 158 valence electrons. The summed E-state index contributed by atoms with van der Waals surface area (Å²) >= 11 is 5.63. The number of rotatable bonds is 6. The average Bonchev–Trinajstić information content (AvgIpc) is 2.62. The second kappa shape index (κ2) is 8.73. The summed E-state index contributed by atoms with van der Waals surface area (Å²) in [5.74, 6) is -0.665. The molecule has 0 heterocycles. The Morgan fingerprint density at radius 2 is 1.76 bits per heavy atom. The van der Waals surface area contributed by atoms with Crippen LogP contribution in [-0.4, -0.2) is 31.2 Å². The van der Waals surface area contributed by atoms with Crippen LogP contribution in [-0.2, 0) is 21.0 Å². The average molecular weight is 449 g/mol. The molecular weight excluding hydrogens is 429 g/mol. The van der Waals surface area contributed by atoms with Crippen molar-refractivity contribution in [2.24, 2.45) is 0 Å². The number of hydrogen-bond acceptors (Lipinski definition) is 3. The zero-order valence-corrected chi connectivity index (χ0v) is 17.5. The third-order valence-corrected chi connectivity index (χ3v) is 6.61. The number of benzene rings is 2. The molecule has 0 radical (unpaired) electrons. The van der Waals surface area contributed by atoms with E-state index in [-0.39, 0.29) is 11.6 Å². The molecule has 0 saturated heterocycles. The number of halogens is 4. The number of hydrogen-bond donors (Lipinski definition) is 1. The van der Waals surface area contributed by atoms with Crippen LogP contribution in [0, 0.1) is 6.92 Å². The molecule has 1 atom stereocenters. The monoisotopic (exact) mass is 448 g/mol. The summed E-state index contributed by atoms with van der Waals surface area (Å²) in [7, 11) is -4.63. The van der Waals surface area contributed by atoms with Gasteiger partial charge >= 0.3 is 6.18 Å². The minimum Gasteiger partial charge on any atom is -0.325 e. The van der Waals surface area contributed by atoms with Crippen molar-refractivity contribution in [3.8, 4) is 0 Å². The lowest BCUT2D eigenvalue weighted by atomic mass is 10.2. The first kappa shape index (κ1) is 23.2. The van der Waals surface area contributed by atoms with Crippen LogP contribution in [0.2, 0.25) is 5.02 Å². The molecule has 0 fully saturated rings. The van der Waals surface area contributed by atoms with Crippen molar-refractivity contribution in [1.29, 1.82) is 0 Å². The van der Waals surface area contributed by atoms with E-state index < -0.39 is 38.6 Å². The molecule has 0 aliphatic heterocycles. The molecule has 29 heavy (non-hydrogen) atoms. The Labute approximate surface area is 172 Å². The topological polar surface area (TPSA) is 66.5 Å². The van der Waals surface area contributed by atoms with Gasteiger partial charge in [-0.1, -0.05) is 36.2 Å². The predicted molar refractivity (Wildman–Crippen MR) is 105 cm³/mol. The molecule has 2 aromatic carbocycles. The van der Waals surface area contributed by atoms with Crippen molar-refractivity contribution in [3.05, 3.63) is 58.6 Å². The molecule has 0 aliphatic carbocycles. The second-order valence-electron chi connectivity index (χ2n) is 6.38. The van der Waals surface area contributed by atoms with Crippen molar-refractivity contribution < 1.29 is 26.4 Å². The highest BCUT2D eigenvalue weighted by atomic mass is 35.5. The van der Waals surface area contributed by atoms with Crippen molar-refractivity contribution in [3.63, 3.8) is 0 Å². The molecule has 0 bridgehead atoms. The van der Waals surface area contributed by atoms with Crippen LogP contribution in [0.3, 0.4) is 0 Å². The summed E-state index contributed by atoms with van der Waals surface area (Å²) in [6.45, 7) is 4.42. The van der Waals surface area contributed by atoms with E-state index in [2.05, 4.69) is 5.32 Å². The van der Waals surface area contributed by atoms with Crippen molar-refractivity contribution >= 4 is 33.2 Å². The second-order valence-corrected chi connectivity index (χ2v) is 8.67. The van der Waals surface area contributed by atoms with Gasteiger partial charge in [-0.15, -0.1) is 0 Å². The summed E-state index contributed by atoms with van der Waals surface area (Å²) in [5.41, 5.74) is 0.0363. The summed E-state index contributed by atoms with van der Waals surface area (Å²) in [5, 5.41) is 2.33. The molecular formula is C19H20ClF3N2O3S. The van der Waals surface area contributed by atoms with Gasteiger partial charge in [0.25, 0.3) is 0 Å². The van der Waals surface area contributed by atoms with Crippen LogP contribution in [0.4, 0.5) is 18.9 Å². The number of alkyl halides is 3.